The van der Waals surface area contributed by atoms with Crippen LogP contribution >= 0.6 is 11.6 Å². The summed E-state index contributed by atoms with van der Waals surface area (Å²) in [6, 6.07) is 17.3. The summed E-state index contributed by atoms with van der Waals surface area (Å²) in [7, 11) is 1.84. The van der Waals surface area contributed by atoms with Crippen LogP contribution in [0.4, 0.5) is 0 Å². The third-order valence-corrected chi connectivity index (χ3v) is 5.14. The molecule has 0 radical (unpaired) electrons. The van der Waals surface area contributed by atoms with Crippen molar-refractivity contribution >= 4 is 17.5 Å². The third-order valence-electron chi connectivity index (χ3n) is 4.83. The monoisotopic (exact) mass is 425 g/mol. The van der Waals surface area contributed by atoms with E-state index in [1.54, 1.807) is 10.7 Å². The predicted octanol–water partition coefficient (Wildman–Crippen LogP) is 5.93. The zero-order valence-corrected chi connectivity index (χ0v) is 18.7. The lowest BCUT2D eigenvalue weighted by Gasteiger charge is -2.24. The average Bonchev–Trinajstić information content (AvgIpc) is 3.04. The first-order chi connectivity index (χ1) is 14.4. The van der Waals surface area contributed by atoms with Gasteiger partial charge in [-0.25, -0.2) is 4.68 Å². The van der Waals surface area contributed by atoms with E-state index in [-0.39, 0.29) is 11.8 Å². The number of amides is 1. The highest BCUT2D eigenvalue weighted by Gasteiger charge is 2.25. The van der Waals surface area contributed by atoms with Crippen LogP contribution in [0.15, 0.2) is 54.6 Å². The maximum absolute atomic E-state index is 12.9. The molecule has 1 aromatic heterocycles. The number of hydrogen-bond acceptors (Lipinski definition) is 3. The van der Waals surface area contributed by atoms with Gasteiger partial charge < -0.3 is 9.64 Å². The first-order valence-corrected chi connectivity index (χ1v) is 10.6. The fourth-order valence-corrected chi connectivity index (χ4v) is 3.55. The van der Waals surface area contributed by atoms with Crippen molar-refractivity contribution in [1.82, 2.24) is 14.7 Å². The van der Waals surface area contributed by atoms with E-state index in [1.807, 2.05) is 74.3 Å². The van der Waals surface area contributed by atoms with Crippen LogP contribution in [0, 0.1) is 5.92 Å². The van der Waals surface area contributed by atoms with E-state index < -0.39 is 0 Å². The Kier molecular flexibility index (Phi) is 7.16. The Morgan fingerprint density at radius 3 is 2.43 bits per heavy atom. The number of halogens is 1. The molecule has 1 heterocycles. The average molecular weight is 426 g/mol. The number of ether oxygens (including phenoxy) is 1. The lowest BCUT2D eigenvalue weighted by molar-refractivity contribution is -0.135. The van der Waals surface area contributed by atoms with Crippen LogP contribution in [0.3, 0.4) is 0 Å². The second-order valence-electron chi connectivity index (χ2n) is 7.57. The van der Waals surface area contributed by atoms with Crippen molar-refractivity contribution in [2.75, 3.05) is 6.54 Å². The highest BCUT2D eigenvalue weighted by Crippen LogP contribution is 2.36. The summed E-state index contributed by atoms with van der Waals surface area (Å²) in [4.78, 5) is 14.7. The van der Waals surface area contributed by atoms with Gasteiger partial charge in [0.2, 0.25) is 11.8 Å². The van der Waals surface area contributed by atoms with Gasteiger partial charge >= 0.3 is 0 Å². The highest BCUT2D eigenvalue weighted by atomic mass is 35.5. The first-order valence-electron chi connectivity index (χ1n) is 10.2. The zero-order chi connectivity index (χ0) is 21.7. The number of benzene rings is 2. The highest BCUT2D eigenvalue weighted by molar-refractivity contribution is 6.32. The van der Waals surface area contributed by atoms with Crippen LogP contribution < -0.4 is 4.74 Å². The molecule has 0 aliphatic rings. The van der Waals surface area contributed by atoms with Crippen LogP contribution in [0.1, 0.15) is 32.8 Å². The minimum absolute atomic E-state index is 0.0821. The minimum atomic E-state index is -0.0821. The van der Waals surface area contributed by atoms with Gasteiger partial charge in [-0.2, -0.15) is 5.10 Å². The second kappa shape index (κ2) is 9.81. The molecule has 3 aromatic rings. The minimum Gasteiger partial charge on any atom is -0.437 e. The normalized spacial score (nSPS) is 11.0. The summed E-state index contributed by atoms with van der Waals surface area (Å²) >= 11 is 6.33. The summed E-state index contributed by atoms with van der Waals surface area (Å²) in [5, 5.41) is 5.26. The van der Waals surface area contributed by atoms with Crippen molar-refractivity contribution < 1.29 is 9.53 Å². The van der Waals surface area contributed by atoms with Crippen molar-refractivity contribution in [2.24, 2.45) is 13.0 Å². The standard InChI is InChI=1S/C24H28ClN3O2/c1-5-15-28(23(29)17(2)3)16-19-22(18-11-7-6-8-12-18)26-27(4)24(19)30-21-14-10-9-13-20(21)25/h6-14,17H,5,15-16H2,1-4H3. The topological polar surface area (TPSA) is 47.4 Å². The van der Waals surface area contributed by atoms with Crippen LogP contribution in [-0.2, 0) is 18.4 Å². The van der Waals surface area contributed by atoms with E-state index in [2.05, 4.69) is 6.92 Å². The molecule has 0 unspecified atom stereocenters. The maximum Gasteiger partial charge on any atom is 0.225 e. The molecule has 2 aromatic carbocycles. The SMILES string of the molecule is CCCN(Cc1c(-c2ccccc2)nn(C)c1Oc1ccccc1Cl)C(=O)C(C)C. The summed E-state index contributed by atoms with van der Waals surface area (Å²) in [5.41, 5.74) is 2.65. The molecule has 0 atom stereocenters. The summed E-state index contributed by atoms with van der Waals surface area (Å²) in [6.07, 6.45) is 0.875. The molecule has 0 fully saturated rings. The van der Waals surface area contributed by atoms with E-state index in [9.17, 15) is 4.79 Å². The van der Waals surface area contributed by atoms with Gasteiger partial charge in [0, 0.05) is 25.1 Å². The van der Waals surface area contributed by atoms with E-state index in [4.69, 9.17) is 21.4 Å². The quantitative estimate of drug-likeness (QED) is 0.449. The van der Waals surface area contributed by atoms with Gasteiger partial charge in [0.25, 0.3) is 0 Å². The number of aryl methyl sites for hydroxylation is 1. The Morgan fingerprint density at radius 1 is 1.13 bits per heavy atom. The predicted molar refractivity (Wildman–Crippen MR) is 121 cm³/mol. The van der Waals surface area contributed by atoms with Gasteiger partial charge in [-0.05, 0) is 18.6 Å². The fourth-order valence-electron chi connectivity index (χ4n) is 3.38. The molecule has 0 spiro atoms. The van der Waals surface area contributed by atoms with Gasteiger partial charge in [0.15, 0.2) is 0 Å². The molecule has 3 rings (SSSR count). The lowest BCUT2D eigenvalue weighted by atomic mass is 10.1. The van der Waals surface area contributed by atoms with Gasteiger partial charge in [0.05, 0.1) is 17.1 Å². The molecule has 30 heavy (non-hydrogen) atoms. The van der Waals surface area contributed by atoms with Gasteiger partial charge in [-0.1, -0.05) is 74.8 Å². The number of hydrogen-bond donors (Lipinski definition) is 0. The molecular weight excluding hydrogens is 398 g/mol. The number of para-hydroxylation sites is 1. The maximum atomic E-state index is 12.9. The largest absolute Gasteiger partial charge is 0.437 e. The van der Waals surface area contributed by atoms with Gasteiger partial charge in [-0.3, -0.25) is 4.79 Å². The van der Waals surface area contributed by atoms with E-state index in [0.717, 1.165) is 23.2 Å². The molecule has 6 heteroatoms. The van der Waals surface area contributed by atoms with Crippen LogP contribution in [0.25, 0.3) is 11.3 Å². The molecule has 0 N–H and O–H groups in total. The molecule has 158 valence electrons. The molecule has 5 nitrogen and oxygen atoms in total. The van der Waals surface area contributed by atoms with Crippen molar-refractivity contribution in [3.63, 3.8) is 0 Å². The first kappa shape index (κ1) is 21.9. The Morgan fingerprint density at radius 2 is 1.80 bits per heavy atom. The van der Waals surface area contributed by atoms with Crippen molar-refractivity contribution in [1.29, 1.82) is 0 Å². The molecule has 0 bridgehead atoms. The molecule has 0 saturated heterocycles. The van der Waals surface area contributed by atoms with Gasteiger partial charge in [-0.15, -0.1) is 0 Å². The van der Waals surface area contributed by atoms with E-state index >= 15 is 0 Å². The molecule has 0 aliphatic heterocycles. The number of nitrogens with zero attached hydrogens (tertiary/aromatic N) is 3. The molecule has 0 aliphatic carbocycles. The van der Waals surface area contributed by atoms with Gasteiger partial charge in [0.1, 0.15) is 11.4 Å². The Hall–Kier alpha value is -2.79. The summed E-state index contributed by atoms with van der Waals surface area (Å²) in [5.74, 6) is 1.17. The molecular formula is C24H28ClN3O2. The van der Waals surface area contributed by atoms with Crippen molar-refractivity contribution in [3.8, 4) is 22.9 Å². The zero-order valence-electron chi connectivity index (χ0n) is 17.9. The van der Waals surface area contributed by atoms with Crippen LogP contribution in [0.5, 0.6) is 11.6 Å². The summed E-state index contributed by atoms with van der Waals surface area (Å²) < 4.78 is 7.94. The van der Waals surface area contributed by atoms with Crippen molar-refractivity contribution in [3.05, 3.63) is 65.2 Å². The van der Waals surface area contributed by atoms with E-state index in [1.165, 1.54) is 0 Å². The van der Waals surface area contributed by atoms with Crippen LogP contribution in [0.2, 0.25) is 5.02 Å². The number of carbonyl (C=O) groups is 1. The Bertz CT molecular complexity index is 999. The fraction of sp³-hybridized carbons (Fsp3) is 0.333. The van der Waals surface area contributed by atoms with Crippen LogP contribution in [-0.4, -0.2) is 27.1 Å². The smallest absolute Gasteiger partial charge is 0.225 e. The second-order valence-corrected chi connectivity index (χ2v) is 7.98. The lowest BCUT2D eigenvalue weighted by Crippen LogP contribution is -2.34. The number of carbonyl (C=O) groups excluding carboxylic acids is 1. The van der Waals surface area contributed by atoms with Crippen molar-refractivity contribution in [2.45, 2.75) is 33.7 Å². The Balaban J connectivity index is 2.09. The summed E-state index contributed by atoms with van der Waals surface area (Å²) in [6.45, 7) is 7.01. The molecule has 0 saturated carbocycles. The molecule has 1 amide bonds. The van der Waals surface area contributed by atoms with E-state index in [0.29, 0.717) is 29.7 Å². The number of aromatic nitrogens is 2. The number of rotatable bonds is 8. The Labute approximate surface area is 183 Å². The third kappa shape index (κ3) is 4.85.